The Morgan fingerprint density at radius 2 is 2.00 bits per heavy atom. The maximum absolute atomic E-state index is 11.6. The van der Waals surface area contributed by atoms with Gasteiger partial charge in [-0.3, -0.25) is 10.7 Å². The van der Waals surface area contributed by atoms with Crippen LogP contribution >= 0.6 is 27.5 Å². The Bertz CT molecular complexity index is 479. The fraction of sp³-hybridized carbons (Fsp3) is 0.333. The van der Waals surface area contributed by atoms with Crippen molar-refractivity contribution in [2.24, 2.45) is 0 Å². The number of rotatable bonds is 1. The fourth-order valence-corrected chi connectivity index (χ4v) is 2.06. The minimum Gasteiger partial charge on any atom is -0.333 e. The van der Waals surface area contributed by atoms with E-state index < -0.39 is 6.03 Å². The predicted molar refractivity (Wildman–Crippen MR) is 81.9 cm³/mol. The smallest absolute Gasteiger partial charge is 0.321 e. The van der Waals surface area contributed by atoms with E-state index in [9.17, 15) is 4.79 Å². The number of anilines is 1. The van der Waals surface area contributed by atoms with Gasteiger partial charge in [0.25, 0.3) is 0 Å². The molecule has 0 spiro atoms. The van der Waals surface area contributed by atoms with Gasteiger partial charge in [0.05, 0.1) is 10.7 Å². The Balaban J connectivity index is 2.64. The Hall–Kier alpha value is -1.27. The van der Waals surface area contributed by atoms with Crippen molar-refractivity contribution in [3.05, 3.63) is 27.7 Å². The number of amides is 2. The van der Waals surface area contributed by atoms with Crippen LogP contribution in [-0.4, -0.2) is 17.5 Å². The van der Waals surface area contributed by atoms with Crippen LogP contribution in [0.4, 0.5) is 10.5 Å². The molecule has 1 aromatic rings. The SMILES string of the molecule is CC(C)(C)NC(=O)NC(=N)Nc1c(Cl)cccc1Br. The largest absolute Gasteiger partial charge is 0.333 e. The zero-order chi connectivity index (χ0) is 14.6. The van der Waals surface area contributed by atoms with Gasteiger partial charge in [-0.25, -0.2) is 4.79 Å². The number of hydrogen-bond acceptors (Lipinski definition) is 2. The number of nitrogens with one attached hydrogen (secondary N) is 4. The van der Waals surface area contributed by atoms with Crippen molar-refractivity contribution in [3.63, 3.8) is 0 Å². The van der Waals surface area contributed by atoms with Crippen molar-refractivity contribution in [2.45, 2.75) is 26.3 Å². The summed E-state index contributed by atoms with van der Waals surface area (Å²) in [5, 5.41) is 16.0. The minimum absolute atomic E-state index is 0.157. The number of carbonyl (C=O) groups is 1. The summed E-state index contributed by atoms with van der Waals surface area (Å²) in [4.78, 5) is 11.6. The second-order valence-electron chi connectivity index (χ2n) is 4.93. The van der Waals surface area contributed by atoms with Gasteiger partial charge >= 0.3 is 6.03 Å². The van der Waals surface area contributed by atoms with Gasteiger partial charge in [0.2, 0.25) is 5.96 Å². The van der Waals surface area contributed by atoms with Crippen LogP contribution in [0.25, 0.3) is 0 Å². The zero-order valence-corrected chi connectivity index (χ0v) is 13.2. The van der Waals surface area contributed by atoms with Crippen molar-refractivity contribution < 1.29 is 4.79 Å². The summed E-state index contributed by atoms with van der Waals surface area (Å²) in [5.74, 6) is -0.157. The number of carbonyl (C=O) groups excluding carboxylic acids is 1. The highest BCUT2D eigenvalue weighted by atomic mass is 79.9. The highest BCUT2D eigenvalue weighted by Gasteiger charge is 2.15. The fourth-order valence-electron chi connectivity index (χ4n) is 1.26. The van der Waals surface area contributed by atoms with Crippen LogP contribution in [-0.2, 0) is 0 Å². The number of halogens is 2. The summed E-state index contributed by atoms with van der Waals surface area (Å²) in [6, 6.07) is 4.81. The molecule has 2 amide bonds. The van der Waals surface area contributed by atoms with Crippen molar-refractivity contribution in [1.29, 1.82) is 5.41 Å². The molecular formula is C12H16BrClN4O. The molecule has 0 heterocycles. The van der Waals surface area contributed by atoms with E-state index in [0.717, 1.165) is 0 Å². The van der Waals surface area contributed by atoms with Gasteiger partial charge in [-0.2, -0.15) is 0 Å². The highest BCUT2D eigenvalue weighted by Crippen LogP contribution is 2.29. The molecule has 7 heteroatoms. The van der Waals surface area contributed by atoms with Gasteiger partial charge in [0, 0.05) is 10.0 Å². The van der Waals surface area contributed by atoms with Crippen molar-refractivity contribution in [2.75, 3.05) is 5.32 Å². The van der Waals surface area contributed by atoms with E-state index in [1.807, 2.05) is 20.8 Å². The van der Waals surface area contributed by atoms with Gasteiger partial charge < -0.3 is 10.6 Å². The van der Waals surface area contributed by atoms with Crippen LogP contribution in [0.3, 0.4) is 0 Å². The Labute approximate surface area is 125 Å². The maximum Gasteiger partial charge on any atom is 0.321 e. The monoisotopic (exact) mass is 346 g/mol. The number of urea groups is 1. The zero-order valence-electron chi connectivity index (χ0n) is 10.9. The summed E-state index contributed by atoms with van der Waals surface area (Å²) < 4.78 is 0.711. The van der Waals surface area contributed by atoms with Gasteiger partial charge in [-0.1, -0.05) is 17.7 Å². The van der Waals surface area contributed by atoms with Gasteiger partial charge in [-0.05, 0) is 48.8 Å². The predicted octanol–water partition coefficient (Wildman–Crippen LogP) is 3.55. The summed E-state index contributed by atoms with van der Waals surface area (Å²) >= 11 is 9.32. The third-order valence-corrected chi connectivity index (χ3v) is 2.92. The molecule has 0 fully saturated rings. The topological polar surface area (TPSA) is 77.0 Å². The number of guanidine groups is 1. The van der Waals surface area contributed by atoms with E-state index in [2.05, 4.69) is 31.9 Å². The lowest BCUT2D eigenvalue weighted by atomic mass is 10.1. The Morgan fingerprint density at radius 1 is 1.37 bits per heavy atom. The van der Waals surface area contributed by atoms with Crippen LogP contribution < -0.4 is 16.0 Å². The summed E-state index contributed by atoms with van der Waals surface area (Å²) in [6.07, 6.45) is 0. The maximum atomic E-state index is 11.6. The molecule has 5 nitrogen and oxygen atoms in total. The molecule has 0 aliphatic carbocycles. The quantitative estimate of drug-likeness (QED) is 0.463. The number of para-hydroxylation sites is 1. The van der Waals surface area contributed by atoms with E-state index >= 15 is 0 Å². The molecule has 104 valence electrons. The molecular weight excluding hydrogens is 332 g/mol. The van der Waals surface area contributed by atoms with Crippen LogP contribution in [0.1, 0.15) is 20.8 Å². The third-order valence-electron chi connectivity index (χ3n) is 1.94. The first-order valence-electron chi connectivity index (χ1n) is 5.58. The normalized spacial score (nSPS) is 10.8. The first-order valence-corrected chi connectivity index (χ1v) is 6.75. The van der Waals surface area contributed by atoms with Crippen molar-refractivity contribution in [1.82, 2.24) is 10.6 Å². The van der Waals surface area contributed by atoms with E-state index in [1.54, 1.807) is 18.2 Å². The second kappa shape index (κ2) is 6.25. The lowest BCUT2D eigenvalue weighted by molar-refractivity contribution is 0.236. The molecule has 1 rings (SSSR count). The van der Waals surface area contributed by atoms with Gasteiger partial charge in [0.15, 0.2) is 0 Å². The minimum atomic E-state index is -0.451. The molecule has 0 aliphatic heterocycles. The third kappa shape index (κ3) is 5.48. The van der Waals surface area contributed by atoms with E-state index in [-0.39, 0.29) is 11.5 Å². The Morgan fingerprint density at radius 3 is 2.53 bits per heavy atom. The molecule has 0 radical (unpaired) electrons. The lowest BCUT2D eigenvalue weighted by Crippen LogP contribution is -2.49. The van der Waals surface area contributed by atoms with Crippen LogP contribution in [0.2, 0.25) is 5.02 Å². The molecule has 0 aromatic heterocycles. The number of hydrogen-bond donors (Lipinski definition) is 4. The van der Waals surface area contributed by atoms with Crippen LogP contribution in [0.5, 0.6) is 0 Å². The lowest BCUT2D eigenvalue weighted by Gasteiger charge is -2.21. The highest BCUT2D eigenvalue weighted by molar-refractivity contribution is 9.10. The molecule has 0 saturated heterocycles. The molecule has 0 bridgehead atoms. The van der Waals surface area contributed by atoms with E-state index in [1.165, 1.54) is 0 Å². The van der Waals surface area contributed by atoms with Gasteiger partial charge in [0.1, 0.15) is 0 Å². The van der Waals surface area contributed by atoms with E-state index in [0.29, 0.717) is 15.2 Å². The molecule has 0 aliphatic rings. The molecule has 1 aromatic carbocycles. The molecule has 19 heavy (non-hydrogen) atoms. The molecule has 0 atom stereocenters. The average molecular weight is 348 g/mol. The Kier molecular flexibility index (Phi) is 5.20. The summed E-state index contributed by atoms with van der Waals surface area (Å²) in [6.45, 7) is 5.57. The van der Waals surface area contributed by atoms with E-state index in [4.69, 9.17) is 17.0 Å². The van der Waals surface area contributed by atoms with Crippen LogP contribution in [0.15, 0.2) is 22.7 Å². The first kappa shape index (κ1) is 15.8. The van der Waals surface area contributed by atoms with Crippen molar-refractivity contribution >= 4 is 45.2 Å². The second-order valence-corrected chi connectivity index (χ2v) is 6.19. The van der Waals surface area contributed by atoms with Crippen LogP contribution in [0, 0.1) is 5.41 Å². The molecule has 0 unspecified atom stereocenters. The summed E-state index contributed by atoms with van der Waals surface area (Å²) in [5.41, 5.74) is 0.167. The van der Waals surface area contributed by atoms with Crippen molar-refractivity contribution in [3.8, 4) is 0 Å². The first-order chi connectivity index (χ1) is 8.69. The van der Waals surface area contributed by atoms with Gasteiger partial charge in [-0.15, -0.1) is 0 Å². The molecule has 4 N–H and O–H groups in total. The molecule has 0 saturated carbocycles. The standard InChI is InChI=1S/C12H16BrClN4O/c1-12(2,3)18-11(19)17-10(15)16-9-7(13)5-4-6-8(9)14/h4-6H,1-3H3,(H4,15,16,17,18,19). The average Bonchev–Trinajstić information content (AvgIpc) is 2.20. The summed E-state index contributed by atoms with van der Waals surface area (Å²) in [7, 11) is 0. The number of benzene rings is 1.